The van der Waals surface area contributed by atoms with Crippen molar-refractivity contribution in [2.45, 2.75) is 45.6 Å². The van der Waals surface area contributed by atoms with E-state index in [0.717, 1.165) is 18.6 Å². The lowest BCUT2D eigenvalue weighted by atomic mass is 9.61. The monoisotopic (exact) mass is 293 g/mol. The van der Waals surface area contributed by atoms with E-state index >= 15 is 0 Å². The van der Waals surface area contributed by atoms with Crippen LogP contribution >= 0.6 is 0 Å². The van der Waals surface area contributed by atoms with Crippen molar-refractivity contribution in [3.8, 4) is 0 Å². The Kier molecular flexibility index (Phi) is 4.55. The van der Waals surface area contributed by atoms with Crippen molar-refractivity contribution in [2.24, 2.45) is 22.2 Å². The maximum absolute atomic E-state index is 12.5. The number of amides is 1. The van der Waals surface area contributed by atoms with Gasteiger partial charge in [0.15, 0.2) is 5.84 Å². The van der Waals surface area contributed by atoms with Crippen molar-refractivity contribution in [3.63, 3.8) is 0 Å². The van der Waals surface area contributed by atoms with Crippen molar-refractivity contribution >= 4 is 11.7 Å². The molecule has 1 atom stereocenters. The predicted molar refractivity (Wildman–Crippen MR) is 78.9 cm³/mol. The van der Waals surface area contributed by atoms with Crippen LogP contribution in [0.5, 0.6) is 0 Å². The number of oxime groups is 1. The van der Waals surface area contributed by atoms with E-state index in [1.54, 1.807) is 6.26 Å². The van der Waals surface area contributed by atoms with Crippen molar-refractivity contribution in [1.82, 2.24) is 5.32 Å². The fourth-order valence-corrected chi connectivity index (χ4v) is 2.98. The molecule has 1 unspecified atom stereocenters. The van der Waals surface area contributed by atoms with Gasteiger partial charge < -0.3 is 20.7 Å². The average molecular weight is 293 g/mol. The summed E-state index contributed by atoms with van der Waals surface area (Å²) in [6, 6.07) is 3.77. The Balaban J connectivity index is 1.90. The number of aryl methyl sites for hydroxylation is 1. The molecule has 2 rings (SSSR count). The zero-order valence-corrected chi connectivity index (χ0v) is 12.5. The average Bonchev–Trinajstić information content (AvgIpc) is 2.93. The molecule has 0 spiro atoms. The van der Waals surface area contributed by atoms with Crippen LogP contribution in [0.25, 0.3) is 0 Å². The first-order valence-corrected chi connectivity index (χ1v) is 7.29. The topological polar surface area (TPSA) is 101 Å². The highest BCUT2D eigenvalue weighted by molar-refractivity contribution is 6.07. The highest BCUT2D eigenvalue weighted by atomic mass is 16.4. The van der Waals surface area contributed by atoms with Crippen molar-refractivity contribution in [1.29, 1.82) is 0 Å². The molecule has 0 aliphatic heterocycles. The molecule has 1 saturated carbocycles. The minimum atomic E-state index is -0.840. The van der Waals surface area contributed by atoms with E-state index in [0.29, 0.717) is 18.8 Å². The van der Waals surface area contributed by atoms with Gasteiger partial charge in [0.25, 0.3) is 0 Å². The summed E-state index contributed by atoms with van der Waals surface area (Å²) in [4.78, 5) is 12.5. The Morgan fingerprint density at radius 1 is 1.67 bits per heavy atom. The molecule has 1 aromatic rings. The number of carbonyl (C=O) groups excluding carboxylic acids is 1. The van der Waals surface area contributed by atoms with Crippen molar-refractivity contribution in [3.05, 3.63) is 24.2 Å². The minimum Gasteiger partial charge on any atom is -0.469 e. The SMILES string of the molecule is CC1CC(C(=O)NC(C)CCc2ccco2)(/C(N)=N/O)C1. The molecule has 6 heteroatoms. The number of amidine groups is 1. The Hall–Kier alpha value is -1.98. The van der Waals surface area contributed by atoms with E-state index in [4.69, 9.17) is 15.4 Å². The van der Waals surface area contributed by atoms with Gasteiger partial charge in [-0.3, -0.25) is 4.79 Å². The van der Waals surface area contributed by atoms with Gasteiger partial charge in [-0.1, -0.05) is 12.1 Å². The third kappa shape index (κ3) is 3.20. The summed E-state index contributed by atoms with van der Waals surface area (Å²) in [5, 5.41) is 14.9. The van der Waals surface area contributed by atoms with E-state index in [1.807, 2.05) is 19.1 Å². The van der Waals surface area contributed by atoms with E-state index in [1.165, 1.54) is 0 Å². The fraction of sp³-hybridized carbons (Fsp3) is 0.600. The summed E-state index contributed by atoms with van der Waals surface area (Å²) < 4.78 is 5.27. The number of nitrogens with zero attached hydrogens (tertiary/aromatic N) is 1. The van der Waals surface area contributed by atoms with Crippen LogP contribution in [0.3, 0.4) is 0 Å². The molecule has 0 aromatic carbocycles. The first-order valence-electron chi connectivity index (χ1n) is 7.29. The second-order valence-corrected chi connectivity index (χ2v) is 6.07. The van der Waals surface area contributed by atoms with Gasteiger partial charge in [0.2, 0.25) is 5.91 Å². The van der Waals surface area contributed by atoms with E-state index < -0.39 is 5.41 Å². The van der Waals surface area contributed by atoms with Gasteiger partial charge >= 0.3 is 0 Å². The molecule has 4 N–H and O–H groups in total. The van der Waals surface area contributed by atoms with E-state index in [-0.39, 0.29) is 17.8 Å². The van der Waals surface area contributed by atoms with E-state index in [9.17, 15) is 4.79 Å². The molecule has 1 aliphatic rings. The summed E-state index contributed by atoms with van der Waals surface area (Å²) in [5.41, 5.74) is 4.89. The lowest BCUT2D eigenvalue weighted by molar-refractivity contribution is -0.133. The van der Waals surface area contributed by atoms with Crippen LogP contribution < -0.4 is 11.1 Å². The number of hydrogen-bond acceptors (Lipinski definition) is 4. The number of furan rings is 1. The van der Waals surface area contributed by atoms with Crippen LogP contribution in [0.15, 0.2) is 28.0 Å². The van der Waals surface area contributed by atoms with Crippen molar-refractivity contribution < 1.29 is 14.4 Å². The van der Waals surface area contributed by atoms with Gasteiger partial charge in [-0.05, 0) is 44.2 Å². The van der Waals surface area contributed by atoms with Gasteiger partial charge in [-0.25, -0.2) is 0 Å². The highest BCUT2D eigenvalue weighted by Crippen LogP contribution is 2.45. The first-order chi connectivity index (χ1) is 9.98. The lowest BCUT2D eigenvalue weighted by Gasteiger charge is -2.44. The largest absolute Gasteiger partial charge is 0.469 e. The molecule has 1 amide bonds. The molecule has 6 nitrogen and oxygen atoms in total. The predicted octanol–water partition coefficient (Wildman–Crippen LogP) is 1.88. The van der Waals surface area contributed by atoms with Gasteiger partial charge in [-0.15, -0.1) is 0 Å². The standard InChI is InChI=1S/C15H23N3O3/c1-10-8-15(9-10,13(16)18-20)14(19)17-11(2)5-6-12-4-3-7-21-12/h3-4,7,10-11,20H,5-6,8-9H2,1-2H3,(H2,16,18)(H,17,19). The van der Waals surface area contributed by atoms with Gasteiger partial charge in [0, 0.05) is 12.5 Å². The zero-order chi connectivity index (χ0) is 15.5. The number of nitrogens with two attached hydrogens (primary N) is 1. The van der Waals surface area contributed by atoms with Crippen LogP contribution in [0, 0.1) is 11.3 Å². The fourth-order valence-electron chi connectivity index (χ4n) is 2.98. The second kappa shape index (κ2) is 6.20. The van der Waals surface area contributed by atoms with Gasteiger partial charge in [0.05, 0.1) is 6.26 Å². The number of nitrogens with one attached hydrogen (secondary N) is 1. The summed E-state index contributed by atoms with van der Waals surface area (Å²) in [7, 11) is 0. The second-order valence-electron chi connectivity index (χ2n) is 6.07. The van der Waals surface area contributed by atoms with Gasteiger partial charge in [0.1, 0.15) is 11.2 Å². The molecular weight excluding hydrogens is 270 g/mol. The quantitative estimate of drug-likeness (QED) is 0.322. The lowest BCUT2D eigenvalue weighted by Crippen LogP contribution is -2.58. The summed E-state index contributed by atoms with van der Waals surface area (Å²) in [6.07, 6.45) is 4.43. The molecule has 116 valence electrons. The van der Waals surface area contributed by atoms with Crippen LogP contribution in [0.4, 0.5) is 0 Å². The zero-order valence-electron chi connectivity index (χ0n) is 12.5. The first kappa shape index (κ1) is 15.4. The number of rotatable bonds is 6. The summed E-state index contributed by atoms with van der Waals surface area (Å²) in [5.74, 6) is 1.17. The Morgan fingerprint density at radius 3 is 2.90 bits per heavy atom. The molecule has 0 saturated heterocycles. The van der Waals surface area contributed by atoms with Crippen LogP contribution in [0.2, 0.25) is 0 Å². The van der Waals surface area contributed by atoms with Crippen LogP contribution in [-0.2, 0) is 11.2 Å². The minimum absolute atomic E-state index is 0.00174. The highest BCUT2D eigenvalue weighted by Gasteiger charge is 2.52. The Labute approximate surface area is 124 Å². The molecule has 1 aromatic heterocycles. The van der Waals surface area contributed by atoms with Gasteiger partial charge in [-0.2, -0.15) is 0 Å². The normalized spacial score (nSPS) is 27.0. The molecular formula is C15H23N3O3. The number of carbonyl (C=O) groups is 1. The maximum Gasteiger partial charge on any atom is 0.234 e. The summed E-state index contributed by atoms with van der Waals surface area (Å²) >= 11 is 0. The summed E-state index contributed by atoms with van der Waals surface area (Å²) in [6.45, 7) is 4.00. The molecule has 0 bridgehead atoms. The van der Waals surface area contributed by atoms with E-state index in [2.05, 4.69) is 17.4 Å². The van der Waals surface area contributed by atoms with Crippen molar-refractivity contribution in [2.75, 3.05) is 0 Å². The van der Waals surface area contributed by atoms with Crippen LogP contribution in [-0.4, -0.2) is 23.0 Å². The Bertz CT molecular complexity index is 504. The molecule has 1 heterocycles. The molecule has 1 aliphatic carbocycles. The molecule has 1 fully saturated rings. The third-order valence-electron chi connectivity index (χ3n) is 4.21. The number of hydrogen-bond donors (Lipinski definition) is 3. The Morgan fingerprint density at radius 2 is 2.38 bits per heavy atom. The maximum atomic E-state index is 12.5. The third-order valence-corrected chi connectivity index (χ3v) is 4.21. The smallest absolute Gasteiger partial charge is 0.234 e. The van der Waals surface area contributed by atoms with Crippen LogP contribution in [0.1, 0.15) is 38.9 Å². The molecule has 0 radical (unpaired) electrons. The molecule has 21 heavy (non-hydrogen) atoms.